The second kappa shape index (κ2) is 4.24. The lowest BCUT2D eigenvalue weighted by Gasteiger charge is -2.17. The molecular weight excluding hydrogens is 148 g/mol. The van der Waals surface area contributed by atoms with Gasteiger partial charge in [0.15, 0.2) is 0 Å². The van der Waals surface area contributed by atoms with Crippen LogP contribution in [0, 0.1) is 5.92 Å². The highest BCUT2D eigenvalue weighted by molar-refractivity contribution is 4.76. The van der Waals surface area contributed by atoms with E-state index in [1.54, 1.807) is 0 Å². The first-order chi connectivity index (χ1) is 5.58. The lowest BCUT2D eigenvalue weighted by atomic mass is 10.0. The van der Waals surface area contributed by atoms with Crippen molar-refractivity contribution in [2.45, 2.75) is 45.1 Å². The second-order valence-corrected chi connectivity index (χ2v) is 4.74. The summed E-state index contributed by atoms with van der Waals surface area (Å²) >= 11 is 0. The molecule has 2 nitrogen and oxygen atoms in total. The Morgan fingerprint density at radius 1 is 1.42 bits per heavy atom. The molecule has 0 aromatic heterocycles. The fourth-order valence-electron chi connectivity index (χ4n) is 1.30. The van der Waals surface area contributed by atoms with Crippen molar-refractivity contribution in [3.05, 3.63) is 0 Å². The van der Waals surface area contributed by atoms with E-state index in [4.69, 9.17) is 5.73 Å². The standard InChI is InChI=1S/C10H22N2/c1-10(2,11)6-3-7-12-8-9-4-5-9/h9,12H,3-8,11H2,1-2H3. The summed E-state index contributed by atoms with van der Waals surface area (Å²) in [6, 6.07) is 0. The molecule has 0 saturated heterocycles. The van der Waals surface area contributed by atoms with Crippen LogP contribution >= 0.6 is 0 Å². The monoisotopic (exact) mass is 170 g/mol. The molecule has 0 spiro atoms. The molecule has 12 heavy (non-hydrogen) atoms. The van der Waals surface area contributed by atoms with Crippen LogP contribution in [0.4, 0.5) is 0 Å². The minimum absolute atomic E-state index is 0.0151. The summed E-state index contributed by atoms with van der Waals surface area (Å²) < 4.78 is 0. The highest BCUT2D eigenvalue weighted by Crippen LogP contribution is 2.27. The Morgan fingerprint density at radius 3 is 2.58 bits per heavy atom. The largest absolute Gasteiger partial charge is 0.326 e. The molecule has 0 aromatic carbocycles. The van der Waals surface area contributed by atoms with Crippen molar-refractivity contribution in [3.8, 4) is 0 Å². The SMILES string of the molecule is CC(C)(N)CCCNCC1CC1. The van der Waals surface area contributed by atoms with Crippen LogP contribution in [0.5, 0.6) is 0 Å². The van der Waals surface area contributed by atoms with Crippen LogP contribution in [0.1, 0.15) is 39.5 Å². The van der Waals surface area contributed by atoms with E-state index < -0.39 is 0 Å². The summed E-state index contributed by atoms with van der Waals surface area (Å²) in [5, 5.41) is 3.46. The van der Waals surface area contributed by atoms with Gasteiger partial charge in [-0.1, -0.05) is 0 Å². The Morgan fingerprint density at radius 2 is 2.08 bits per heavy atom. The average Bonchev–Trinajstić information content (AvgIpc) is 2.68. The molecule has 1 aliphatic carbocycles. The van der Waals surface area contributed by atoms with Crippen molar-refractivity contribution in [3.63, 3.8) is 0 Å². The molecule has 0 atom stereocenters. The average molecular weight is 170 g/mol. The van der Waals surface area contributed by atoms with Gasteiger partial charge in [0.2, 0.25) is 0 Å². The van der Waals surface area contributed by atoms with Gasteiger partial charge in [-0.2, -0.15) is 0 Å². The summed E-state index contributed by atoms with van der Waals surface area (Å²) in [4.78, 5) is 0. The topological polar surface area (TPSA) is 38.0 Å². The molecule has 0 unspecified atom stereocenters. The summed E-state index contributed by atoms with van der Waals surface area (Å²) in [5.41, 5.74) is 5.88. The molecule has 1 rings (SSSR count). The lowest BCUT2D eigenvalue weighted by molar-refractivity contribution is 0.447. The van der Waals surface area contributed by atoms with Gasteiger partial charge < -0.3 is 11.1 Å². The van der Waals surface area contributed by atoms with Gasteiger partial charge in [0.1, 0.15) is 0 Å². The van der Waals surface area contributed by atoms with E-state index in [1.807, 2.05) is 0 Å². The van der Waals surface area contributed by atoms with Crippen LogP contribution < -0.4 is 11.1 Å². The highest BCUT2D eigenvalue weighted by atomic mass is 14.9. The van der Waals surface area contributed by atoms with Gasteiger partial charge in [-0.25, -0.2) is 0 Å². The Labute approximate surface area is 75.9 Å². The van der Waals surface area contributed by atoms with Crippen molar-refractivity contribution in [2.75, 3.05) is 13.1 Å². The van der Waals surface area contributed by atoms with Crippen LogP contribution in [-0.2, 0) is 0 Å². The Balaban J connectivity index is 1.82. The van der Waals surface area contributed by atoms with Crippen LogP contribution in [0.25, 0.3) is 0 Å². The molecule has 2 heteroatoms. The van der Waals surface area contributed by atoms with E-state index >= 15 is 0 Å². The smallest absolute Gasteiger partial charge is 0.00975 e. The zero-order valence-electron chi connectivity index (χ0n) is 8.40. The van der Waals surface area contributed by atoms with E-state index in [9.17, 15) is 0 Å². The third kappa shape index (κ3) is 5.56. The van der Waals surface area contributed by atoms with Gasteiger partial charge in [-0.05, 0) is 58.5 Å². The predicted molar refractivity (Wildman–Crippen MR) is 53.1 cm³/mol. The molecular formula is C10H22N2. The number of nitrogens with one attached hydrogen (secondary N) is 1. The zero-order chi connectivity index (χ0) is 9.03. The van der Waals surface area contributed by atoms with E-state index in [1.165, 1.54) is 25.8 Å². The molecule has 0 bridgehead atoms. The first-order valence-corrected chi connectivity index (χ1v) is 5.07. The summed E-state index contributed by atoms with van der Waals surface area (Å²) in [5.74, 6) is 0.996. The third-order valence-corrected chi connectivity index (χ3v) is 2.30. The maximum absolute atomic E-state index is 5.86. The number of hydrogen-bond acceptors (Lipinski definition) is 2. The van der Waals surface area contributed by atoms with Crippen LogP contribution in [0.3, 0.4) is 0 Å². The fourth-order valence-corrected chi connectivity index (χ4v) is 1.30. The molecule has 0 aromatic rings. The molecule has 1 aliphatic rings. The van der Waals surface area contributed by atoms with Gasteiger partial charge in [0, 0.05) is 5.54 Å². The van der Waals surface area contributed by atoms with Gasteiger partial charge in [0.25, 0.3) is 0 Å². The normalized spacial score (nSPS) is 18.2. The maximum atomic E-state index is 5.86. The van der Waals surface area contributed by atoms with Gasteiger partial charge in [0.05, 0.1) is 0 Å². The van der Waals surface area contributed by atoms with E-state index in [0.717, 1.165) is 18.9 Å². The van der Waals surface area contributed by atoms with Crippen molar-refractivity contribution in [2.24, 2.45) is 11.7 Å². The number of rotatable bonds is 6. The van der Waals surface area contributed by atoms with Crippen molar-refractivity contribution >= 4 is 0 Å². The third-order valence-electron chi connectivity index (χ3n) is 2.30. The van der Waals surface area contributed by atoms with Crippen LogP contribution in [-0.4, -0.2) is 18.6 Å². The first kappa shape index (κ1) is 10.0. The molecule has 0 radical (unpaired) electrons. The lowest BCUT2D eigenvalue weighted by Crippen LogP contribution is -2.33. The molecule has 72 valence electrons. The minimum Gasteiger partial charge on any atom is -0.326 e. The van der Waals surface area contributed by atoms with Crippen molar-refractivity contribution < 1.29 is 0 Å². The second-order valence-electron chi connectivity index (χ2n) is 4.74. The van der Waals surface area contributed by atoms with Gasteiger partial charge in [-0.15, -0.1) is 0 Å². The van der Waals surface area contributed by atoms with Crippen molar-refractivity contribution in [1.29, 1.82) is 0 Å². The summed E-state index contributed by atoms with van der Waals surface area (Å²) in [6.45, 7) is 6.55. The minimum atomic E-state index is 0.0151. The van der Waals surface area contributed by atoms with Crippen molar-refractivity contribution in [1.82, 2.24) is 5.32 Å². The Hall–Kier alpha value is -0.0800. The first-order valence-electron chi connectivity index (χ1n) is 5.07. The molecule has 0 heterocycles. The zero-order valence-corrected chi connectivity index (χ0v) is 8.40. The molecule has 0 aliphatic heterocycles. The molecule has 3 N–H and O–H groups in total. The quantitative estimate of drug-likeness (QED) is 0.593. The molecule has 1 saturated carbocycles. The highest BCUT2D eigenvalue weighted by Gasteiger charge is 2.20. The van der Waals surface area contributed by atoms with Gasteiger partial charge in [-0.3, -0.25) is 0 Å². The van der Waals surface area contributed by atoms with Crippen LogP contribution in [0.2, 0.25) is 0 Å². The summed E-state index contributed by atoms with van der Waals surface area (Å²) in [6.07, 6.45) is 5.20. The number of hydrogen-bond donors (Lipinski definition) is 2. The van der Waals surface area contributed by atoms with E-state index in [-0.39, 0.29) is 5.54 Å². The summed E-state index contributed by atoms with van der Waals surface area (Å²) in [7, 11) is 0. The maximum Gasteiger partial charge on any atom is 0.00975 e. The molecule has 0 amide bonds. The molecule has 1 fully saturated rings. The van der Waals surface area contributed by atoms with Crippen LogP contribution in [0.15, 0.2) is 0 Å². The van der Waals surface area contributed by atoms with E-state index in [0.29, 0.717) is 0 Å². The predicted octanol–water partition coefficient (Wildman–Crippen LogP) is 1.50. The van der Waals surface area contributed by atoms with Gasteiger partial charge >= 0.3 is 0 Å². The Kier molecular flexibility index (Phi) is 3.53. The van der Waals surface area contributed by atoms with E-state index in [2.05, 4.69) is 19.2 Å². The number of nitrogens with two attached hydrogens (primary N) is 1. The fraction of sp³-hybridized carbons (Fsp3) is 1.00. The Bertz CT molecular complexity index is 122.